The third-order valence-electron chi connectivity index (χ3n) is 2.40. The number of rotatable bonds is 2. The highest BCUT2D eigenvalue weighted by Gasteiger charge is 2.17. The zero-order valence-electron chi connectivity index (χ0n) is 8.84. The minimum atomic E-state index is -0.942. The molecule has 0 atom stereocenters. The molecule has 0 saturated heterocycles. The SMILES string of the molecule is COc1c(C)c(C)cc(C)c1C(=O)O. The van der Waals surface area contributed by atoms with Crippen LogP contribution in [0.2, 0.25) is 0 Å². The molecule has 1 N–H and O–H groups in total. The van der Waals surface area contributed by atoms with Gasteiger partial charge in [-0.05, 0) is 37.5 Å². The molecule has 76 valence electrons. The molecule has 3 heteroatoms. The first kappa shape index (κ1) is 10.6. The molecule has 0 saturated carbocycles. The normalized spacial score (nSPS) is 10.0. The predicted molar refractivity (Wildman–Crippen MR) is 54.2 cm³/mol. The van der Waals surface area contributed by atoms with Gasteiger partial charge in [0.1, 0.15) is 11.3 Å². The van der Waals surface area contributed by atoms with Crippen molar-refractivity contribution < 1.29 is 14.6 Å². The molecule has 0 aliphatic heterocycles. The average Bonchev–Trinajstić information content (AvgIpc) is 2.09. The van der Waals surface area contributed by atoms with Crippen LogP contribution < -0.4 is 4.74 Å². The minimum absolute atomic E-state index is 0.260. The number of benzene rings is 1. The lowest BCUT2D eigenvalue weighted by atomic mass is 9.99. The number of ether oxygens (including phenoxy) is 1. The zero-order chi connectivity index (χ0) is 10.9. The van der Waals surface area contributed by atoms with Crippen LogP contribution in [-0.4, -0.2) is 18.2 Å². The lowest BCUT2D eigenvalue weighted by molar-refractivity contribution is 0.0692. The fourth-order valence-corrected chi connectivity index (χ4v) is 1.57. The summed E-state index contributed by atoms with van der Waals surface area (Å²) in [6.07, 6.45) is 0. The summed E-state index contributed by atoms with van der Waals surface area (Å²) in [5, 5.41) is 9.01. The lowest BCUT2D eigenvalue weighted by Crippen LogP contribution is -2.06. The average molecular weight is 194 g/mol. The number of aryl methyl sites for hydroxylation is 2. The smallest absolute Gasteiger partial charge is 0.339 e. The van der Waals surface area contributed by atoms with Gasteiger partial charge in [0.2, 0.25) is 0 Å². The number of carbonyl (C=O) groups is 1. The maximum Gasteiger partial charge on any atom is 0.339 e. The summed E-state index contributed by atoms with van der Waals surface area (Å²) in [7, 11) is 1.49. The summed E-state index contributed by atoms with van der Waals surface area (Å²) < 4.78 is 5.12. The van der Waals surface area contributed by atoms with E-state index in [1.54, 1.807) is 6.92 Å². The van der Waals surface area contributed by atoms with Crippen molar-refractivity contribution in [3.05, 3.63) is 28.3 Å². The maximum absolute atomic E-state index is 11.0. The van der Waals surface area contributed by atoms with Gasteiger partial charge >= 0.3 is 5.97 Å². The van der Waals surface area contributed by atoms with E-state index in [-0.39, 0.29) is 5.56 Å². The Labute approximate surface area is 83.3 Å². The Morgan fingerprint density at radius 3 is 2.29 bits per heavy atom. The molecule has 0 unspecified atom stereocenters. The molecular formula is C11H14O3. The van der Waals surface area contributed by atoms with Gasteiger partial charge in [-0.2, -0.15) is 0 Å². The van der Waals surface area contributed by atoms with Crippen LogP contribution in [0.1, 0.15) is 27.0 Å². The summed E-state index contributed by atoms with van der Waals surface area (Å²) in [6.45, 7) is 5.58. The van der Waals surface area contributed by atoms with Crippen molar-refractivity contribution in [3.8, 4) is 5.75 Å². The second-order valence-corrected chi connectivity index (χ2v) is 3.35. The third kappa shape index (κ3) is 1.58. The van der Waals surface area contributed by atoms with Crippen LogP contribution in [0.25, 0.3) is 0 Å². The van der Waals surface area contributed by atoms with Gasteiger partial charge in [-0.1, -0.05) is 6.07 Å². The van der Waals surface area contributed by atoms with Gasteiger partial charge in [0, 0.05) is 0 Å². The monoisotopic (exact) mass is 194 g/mol. The highest BCUT2D eigenvalue weighted by molar-refractivity contribution is 5.93. The van der Waals surface area contributed by atoms with Crippen LogP contribution in [0.5, 0.6) is 5.75 Å². The molecular weight excluding hydrogens is 180 g/mol. The van der Waals surface area contributed by atoms with Crippen molar-refractivity contribution in [1.29, 1.82) is 0 Å². The van der Waals surface area contributed by atoms with E-state index in [1.165, 1.54) is 7.11 Å². The number of methoxy groups -OCH3 is 1. The van der Waals surface area contributed by atoms with E-state index in [1.807, 2.05) is 19.9 Å². The molecule has 3 nitrogen and oxygen atoms in total. The Kier molecular flexibility index (Phi) is 2.79. The highest BCUT2D eigenvalue weighted by atomic mass is 16.5. The number of hydrogen-bond donors (Lipinski definition) is 1. The molecule has 0 spiro atoms. The molecule has 0 aliphatic carbocycles. The second-order valence-electron chi connectivity index (χ2n) is 3.35. The van der Waals surface area contributed by atoms with Crippen LogP contribution in [0.4, 0.5) is 0 Å². The molecule has 1 rings (SSSR count). The quantitative estimate of drug-likeness (QED) is 0.785. The van der Waals surface area contributed by atoms with E-state index in [9.17, 15) is 4.79 Å². The number of aromatic carboxylic acids is 1. The van der Waals surface area contributed by atoms with Crippen LogP contribution in [0.3, 0.4) is 0 Å². The van der Waals surface area contributed by atoms with Crippen LogP contribution in [-0.2, 0) is 0 Å². The summed E-state index contributed by atoms with van der Waals surface area (Å²) in [6, 6.07) is 1.86. The lowest BCUT2D eigenvalue weighted by Gasteiger charge is -2.13. The van der Waals surface area contributed by atoms with Crippen LogP contribution in [0.15, 0.2) is 6.07 Å². The van der Waals surface area contributed by atoms with E-state index in [2.05, 4.69) is 0 Å². The first-order chi connectivity index (χ1) is 6.49. The van der Waals surface area contributed by atoms with Gasteiger partial charge in [0.25, 0.3) is 0 Å². The van der Waals surface area contributed by atoms with Gasteiger partial charge in [-0.3, -0.25) is 0 Å². The summed E-state index contributed by atoms with van der Waals surface area (Å²) in [4.78, 5) is 11.0. The van der Waals surface area contributed by atoms with Crippen LogP contribution in [0, 0.1) is 20.8 Å². The van der Waals surface area contributed by atoms with Gasteiger partial charge in [-0.15, -0.1) is 0 Å². The van der Waals surface area contributed by atoms with Crippen molar-refractivity contribution in [1.82, 2.24) is 0 Å². The zero-order valence-corrected chi connectivity index (χ0v) is 8.84. The van der Waals surface area contributed by atoms with E-state index < -0.39 is 5.97 Å². The second kappa shape index (κ2) is 3.70. The standard InChI is InChI=1S/C11H14O3/c1-6-5-7(2)9(11(12)13)10(14-4)8(6)3/h5H,1-4H3,(H,12,13). The fraction of sp³-hybridized carbons (Fsp3) is 0.364. The van der Waals surface area contributed by atoms with Crippen molar-refractivity contribution >= 4 is 5.97 Å². The topological polar surface area (TPSA) is 46.5 Å². The molecule has 0 bridgehead atoms. The molecule has 1 aromatic carbocycles. The molecule has 0 radical (unpaired) electrons. The van der Waals surface area contributed by atoms with E-state index in [0.717, 1.165) is 16.7 Å². The molecule has 1 aromatic rings. The van der Waals surface area contributed by atoms with Gasteiger partial charge < -0.3 is 9.84 Å². The maximum atomic E-state index is 11.0. The van der Waals surface area contributed by atoms with Crippen molar-refractivity contribution in [2.75, 3.05) is 7.11 Å². The summed E-state index contributed by atoms with van der Waals surface area (Å²) in [5.41, 5.74) is 2.92. The van der Waals surface area contributed by atoms with E-state index >= 15 is 0 Å². The Hall–Kier alpha value is -1.51. The number of hydrogen-bond acceptors (Lipinski definition) is 2. The van der Waals surface area contributed by atoms with E-state index in [0.29, 0.717) is 5.75 Å². The summed E-state index contributed by atoms with van der Waals surface area (Å²) >= 11 is 0. The van der Waals surface area contributed by atoms with Gasteiger partial charge in [0.05, 0.1) is 7.11 Å². The van der Waals surface area contributed by atoms with Crippen LogP contribution >= 0.6 is 0 Å². The molecule has 14 heavy (non-hydrogen) atoms. The van der Waals surface area contributed by atoms with Gasteiger partial charge in [-0.25, -0.2) is 4.79 Å². The minimum Gasteiger partial charge on any atom is -0.496 e. The number of carboxylic acids is 1. The van der Waals surface area contributed by atoms with Crippen molar-refractivity contribution in [2.45, 2.75) is 20.8 Å². The Balaban J connectivity index is 3.55. The van der Waals surface area contributed by atoms with Crippen molar-refractivity contribution in [3.63, 3.8) is 0 Å². The summed E-state index contributed by atoms with van der Waals surface area (Å²) in [5.74, 6) is -0.475. The van der Waals surface area contributed by atoms with Gasteiger partial charge in [0.15, 0.2) is 0 Å². The molecule has 0 aliphatic rings. The molecule has 0 amide bonds. The largest absolute Gasteiger partial charge is 0.496 e. The third-order valence-corrected chi connectivity index (χ3v) is 2.40. The first-order valence-electron chi connectivity index (χ1n) is 4.37. The molecule has 0 fully saturated rings. The predicted octanol–water partition coefficient (Wildman–Crippen LogP) is 2.32. The fourth-order valence-electron chi connectivity index (χ4n) is 1.57. The number of carboxylic acid groups (broad SMARTS) is 1. The van der Waals surface area contributed by atoms with Crippen molar-refractivity contribution in [2.24, 2.45) is 0 Å². The Morgan fingerprint density at radius 1 is 1.29 bits per heavy atom. The Bertz CT molecular complexity index is 381. The Morgan fingerprint density at radius 2 is 1.86 bits per heavy atom. The highest BCUT2D eigenvalue weighted by Crippen LogP contribution is 2.29. The molecule has 0 aromatic heterocycles. The molecule has 0 heterocycles. The van der Waals surface area contributed by atoms with E-state index in [4.69, 9.17) is 9.84 Å². The first-order valence-corrected chi connectivity index (χ1v) is 4.37.